The average Bonchev–Trinajstić information content (AvgIpc) is 3.13. The number of hydrogen-bond donors (Lipinski definition) is 2. The van der Waals surface area contributed by atoms with Gasteiger partial charge in [-0.15, -0.1) is 0 Å². The number of fused-ring (bicyclic) bond motifs is 1. The van der Waals surface area contributed by atoms with Gasteiger partial charge >= 0.3 is 0 Å². The van der Waals surface area contributed by atoms with Crippen molar-refractivity contribution >= 4 is 22.4 Å². The Balaban J connectivity index is 1.73. The van der Waals surface area contributed by atoms with Crippen LogP contribution in [0.1, 0.15) is 19.3 Å². The lowest BCUT2D eigenvalue weighted by atomic mass is 10.2. The molecule has 0 saturated heterocycles. The first-order valence-corrected chi connectivity index (χ1v) is 6.21. The Bertz CT molecular complexity index is 532. The molecule has 3 heteroatoms. The maximum Gasteiger partial charge on any atom is 0.126 e. The van der Waals surface area contributed by atoms with E-state index in [1.165, 1.54) is 19.3 Å². The number of nitrogens with zero attached hydrogens (tertiary/aromatic N) is 1. The van der Waals surface area contributed by atoms with Crippen molar-refractivity contribution < 1.29 is 0 Å². The van der Waals surface area contributed by atoms with E-state index in [0.717, 1.165) is 34.9 Å². The van der Waals surface area contributed by atoms with Crippen LogP contribution in [-0.2, 0) is 0 Å². The van der Waals surface area contributed by atoms with E-state index < -0.39 is 0 Å². The fourth-order valence-electron chi connectivity index (χ4n) is 2.05. The van der Waals surface area contributed by atoms with Gasteiger partial charge in [0.25, 0.3) is 0 Å². The minimum atomic E-state index is 0.786. The lowest BCUT2D eigenvalue weighted by Gasteiger charge is -2.06. The number of aromatic nitrogens is 1. The van der Waals surface area contributed by atoms with Crippen LogP contribution in [0.25, 0.3) is 10.9 Å². The Morgan fingerprint density at radius 2 is 2.12 bits per heavy atom. The van der Waals surface area contributed by atoms with E-state index in [0.29, 0.717) is 0 Å². The van der Waals surface area contributed by atoms with Crippen LogP contribution in [0.4, 0.5) is 11.5 Å². The molecule has 0 amide bonds. The molecule has 1 aromatic carbocycles. The fourth-order valence-corrected chi connectivity index (χ4v) is 2.05. The molecule has 1 heterocycles. The molecule has 0 radical (unpaired) electrons. The van der Waals surface area contributed by atoms with Crippen LogP contribution in [0.2, 0.25) is 0 Å². The number of nitrogen functional groups attached to an aromatic ring is 1. The summed E-state index contributed by atoms with van der Waals surface area (Å²) in [4.78, 5) is 4.57. The lowest BCUT2D eigenvalue weighted by molar-refractivity contribution is 0.759. The Morgan fingerprint density at radius 1 is 1.24 bits per heavy atom. The molecule has 0 atom stereocenters. The zero-order chi connectivity index (χ0) is 11.7. The van der Waals surface area contributed by atoms with Gasteiger partial charge in [0.15, 0.2) is 0 Å². The molecule has 3 N–H and O–H groups in total. The van der Waals surface area contributed by atoms with Crippen molar-refractivity contribution in [1.82, 2.24) is 4.98 Å². The zero-order valence-electron chi connectivity index (χ0n) is 9.82. The summed E-state index contributed by atoms with van der Waals surface area (Å²) in [6, 6.07) is 9.91. The molecule has 0 bridgehead atoms. The van der Waals surface area contributed by atoms with Gasteiger partial charge in [0, 0.05) is 17.6 Å². The van der Waals surface area contributed by atoms with Crippen molar-refractivity contribution in [2.45, 2.75) is 19.3 Å². The highest BCUT2D eigenvalue weighted by molar-refractivity contribution is 5.83. The maximum absolute atomic E-state index is 5.74. The second kappa shape index (κ2) is 4.24. The summed E-state index contributed by atoms with van der Waals surface area (Å²) < 4.78 is 0. The van der Waals surface area contributed by atoms with E-state index in [-0.39, 0.29) is 0 Å². The van der Waals surface area contributed by atoms with Crippen molar-refractivity contribution in [3.63, 3.8) is 0 Å². The van der Waals surface area contributed by atoms with Crippen LogP contribution in [-0.4, -0.2) is 11.5 Å². The molecular formula is C14H17N3. The molecule has 3 nitrogen and oxygen atoms in total. The summed E-state index contributed by atoms with van der Waals surface area (Å²) in [6.45, 7) is 1.03. The molecule has 88 valence electrons. The van der Waals surface area contributed by atoms with E-state index >= 15 is 0 Å². The van der Waals surface area contributed by atoms with Crippen LogP contribution < -0.4 is 11.1 Å². The average molecular weight is 227 g/mol. The van der Waals surface area contributed by atoms with Crippen LogP contribution in [0.15, 0.2) is 30.3 Å². The number of anilines is 2. The summed E-state index contributed by atoms with van der Waals surface area (Å²) in [5, 5.41) is 4.48. The minimum absolute atomic E-state index is 0.786. The third-order valence-corrected chi connectivity index (χ3v) is 3.27. The summed E-state index contributed by atoms with van der Waals surface area (Å²) >= 11 is 0. The highest BCUT2D eigenvalue weighted by atomic mass is 15.0. The predicted octanol–water partition coefficient (Wildman–Crippen LogP) is 3.03. The van der Waals surface area contributed by atoms with Crippen molar-refractivity contribution in [3.05, 3.63) is 30.3 Å². The second-order valence-corrected chi connectivity index (χ2v) is 4.81. The van der Waals surface area contributed by atoms with E-state index in [9.17, 15) is 0 Å². The van der Waals surface area contributed by atoms with E-state index in [1.807, 2.05) is 24.3 Å². The van der Waals surface area contributed by atoms with Gasteiger partial charge in [0.1, 0.15) is 5.82 Å². The molecule has 17 heavy (non-hydrogen) atoms. The SMILES string of the molecule is Nc1ccc2nc(NCCC3CC3)ccc2c1. The number of rotatable bonds is 4. The van der Waals surface area contributed by atoms with Gasteiger partial charge in [-0.2, -0.15) is 0 Å². The molecule has 0 unspecified atom stereocenters. The topological polar surface area (TPSA) is 50.9 Å². The number of benzene rings is 1. The van der Waals surface area contributed by atoms with Crippen molar-refractivity contribution in [1.29, 1.82) is 0 Å². The monoisotopic (exact) mass is 227 g/mol. The van der Waals surface area contributed by atoms with Crippen LogP contribution in [0, 0.1) is 5.92 Å². The van der Waals surface area contributed by atoms with Crippen LogP contribution in [0.3, 0.4) is 0 Å². The molecular weight excluding hydrogens is 210 g/mol. The summed E-state index contributed by atoms with van der Waals surface area (Å²) in [7, 11) is 0. The van der Waals surface area contributed by atoms with Gasteiger partial charge < -0.3 is 11.1 Å². The summed E-state index contributed by atoms with van der Waals surface area (Å²) in [5.41, 5.74) is 7.52. The molecule has 1 saturated carbocycles. The first-order valence-electron chi connectivity index (χ1n) is 6.21. The zero-order valence-corrected chi connectivity index (χ0v) is 9.82. The van der Waals surface area contributed by atoms with Crippen molar-refractivity contribution in [2.75, 3.05) is 17.6 Å². The first kappa shape index (κ1) is 10.4. The van der Waals surface area contributed by atoms with E-state index in [2.05, 4.69) is 16.4 Å². The number of nitrogens with one attached hydrogen (secondary N) is 1. The maximum atomic E-state index is 5.74. The van der Waals surface area contributed by atoms with Crippen molar-refractivity contribution in [2.24, 2.45) is 5.92 Å². The number of pyridine rings is 1. The summed E-state index contributed by atoms with van der Waals surface area (Å²) in [6.07, 6.45) is 4.08. The predicted molar refractivity (Wildman–Crippen MR) is 72.0 cm³/mol. The normalized spacial score (nSPS) is 15.1. The van der Waals surface area contributed by atoms with Crippen LogP contribution >= 0.6 is 0 Å². The van der Waals surface area contributed by atoms with E-state index in [1.54, 1.807) is 0 Å². The molecule has 2 aromatic rings. The molecule has 1 aromatic heterocycles. The number of nitrogens with two attached hydrogens (primary N) is 1. The van der Waals surface area contributed by atoms with Gasteiger partial charge in [0.2, 0.25) is 0 Å². The standard InChI is InChI=1S/C14H17N3/c15-12-4-5-13-11(9-12)3-6-14(17-13)16-8-7-10-1-2-10/h3-6,9-10H,1-2,7-8,15H2,(H,16,17). The molecule has 0 spiro atoms. The quantitative estimate of drug-likeness (QED) is 0.789. The molecule has 0 aliphatic heterocycles. The third kappa shape index (κ3) is 2.49. The van der Waals surface area contributed by atoms with Gasteiger partial charge in [-0.3, -0.25) is 0 Å². The van der Waals surface area contributed by atoms with Gasteiger partial charge in [-0.25, -0.2) is 4.98 Å². The molecule has 1 aliphatic rings. The molecule has 1 aliphatic carbocycles. The third-order valence-electron chi connectivity index (χ3n) is 3.27. The highest BCUT2D eigenvalue weighted by Crippen LogP contribution is 2.32. The van der Waals surface area contributed by atoms with Gasteiger partial charge in [-0.05, 0) is 42.7 Å². The van der Waals surface area contributed by atoms with Gasteiger partial charge in [0.05, 0.1) is 5.52 Å². The Kier molecular flexibility index (Phi) is 2.59. The van der Waals surface area contributed by atoms with Crippen LogP contribution in [0.5, 0.6) is 0 Å². The number of hydrogen-bond acceptors (Lipinski definition) is 3. The van der Waals surface area contributed by atoms with Gasteiger partial charge in [-0.1, -0.05) is 12.8 Å². The molecule has 3 rings (SSSR count). The smallest absolute Gasteiger partial charge is 0.126 e. The van der Waals surface area contributed by atoms with E-state index in [4.69, 9.17) is 5.73 Å². The lowest BCUT2D eigenvalue weighted by Crippen LogP contribution is -2.03. The first-order chi connectivity index (χ1) is 8.31. The minimum Gasteiger partial charge on any atom is -0.399 e. The summed E-state index contributed by atoms with van der Waals surface area (Å²) in [5.74, 6) is 1.92. The van der Waals surface area contributed by atoms with Crippen molar-refractivity contribution in [3.8, 4) is 0 Å². The fraction of sp³-hybridized carbons (Fsp3) is 0.357. The second-order valence-electron chi connectivity index (χ2n) is 4.81. The Labute approximate surface area is 101 Å². The highest BCUT2D eigenvalue weighted by Gasteiger charge is 2.20. The Hall–Kier alpha value is -1.77. The largest absolute Gasteiger partial charge is 0.399 e. The Morgan fingerprint density at radius 3 is 2.94 bits per heavy atom. The molecule has 1 fully saturated rings.